The zero-order valence-corrected chi connectivity index (χ0v) is 15.8. The Labute approximate surface area is 153 Å². The highest BCUT2D eigenvalue weighted by Crippen LogP contribution is 2.15. The number of aromatic nitrogens is 2. The Morgan fingerprint density at radius 2 is 1.69 bits per heavy atom. The fourth-order valence-electron chi connectivity index (χ4n) is 3.35. The van der Waals surface area contributed by atoms with Crippen molar-refractivity contribution < 1.29 is 4.79 Å². The highest BCUT2D eigenvalue weighted by Gasteiger charge is 2.17. The van der Waals surface area contributed by atoms with Crippen molar-refractivity contribution in [2.75, 3.05) is 7.05 Å². The maximum absolute atomic E-state index is 12.7. The Morgan fingerprint density at radius 3 is 2.31 bits per heavy atom. The van der Waals surface area contributed by atoms with E-state index in [1.54, 1.807) is 21.1 Å². The van der Waals surface area contributed by atoms with Gasteiger partial charge in [0.25, 0.3) is 0 Å². The van der Waals surface area contributed by atoms with E-state index in [1.165, 1.54) is 11.1 Å². The predicted molar refractivity (Wildman–Crippen MR) is 104 cm³/mol. The van der Waals surface area contributed by atoms with Crippen LogP contribution in [-0.2, 0) is 24.4 Å². The van der Waals surface area contributed by atoms with E-state index in [0.717, 1.165) is 16.6 Å². The topological polar surface area (TPSA) is 47.2 Å². The van der Waals surface area contributed by atoms with E-state index in [1.807, 2.05) is 31.2 Å². The molecule has 0 N–H and O–H groups in total. The van der Waals surface area contributed by atoms with Crippen LogP contribution in [0.15, 0.2) is 47.3 Å². The van der Waals surface area contributed by atoms with Crippen LogP contribution in [-0.4, -0.2) is 27.0 Å². The van der Waals surface area contributed by atoms with Crippen LogP contribution in [0.2, 0.25) is 0 Å². The monoisotopic (exact) mass is 351 g/mol. The number of carbonyl (C=O) groups is 1. The number of benzene rings is 2. The van der Waals surface area contributed by atoms with Crippen molar-refractivity contribution in [3.05, 3.63) is 69.6 Å². The van der Waals surface area contributed by atoms with Crippen LogP contribution < -0.4 is 5.69 Å². The third-order valence-electron chi connectivity index (χ3n) is 4.87. The van der Waals surface area contributed by atoms with Gasteiger partial charge in [-0.15, -0.1) is 0 Å². The van der Waals surface area contributed by atoms with Gasteiger partial charge >= 0.3 is 5.69 Å². The fraction of sp³-hybridized carbons (Fsp3) is 0.333. The number of nitrogens with zero attached hydrogens (tertiary/aromatic N) is 3. The molecule has 0 fully saturated rings. The molecule has 0 unspecified atom stereocenters. The number of para-hydroxylation sites is 2. The molecule has 1 amide bonds. The van der Waals surface area contributed by atoms with Gasteiger partial charge in [-0.2, -0.15) is 0 Å². The summed E-state index contributed by atoms with van der Waals surface area (Å²) in [4.78, 5) is 27.1. The standard InChI is InChI=1S/C21H25N3O2/c1-5-23-18-8-6-7-9-19(18)24(21(23)26)14-20(25)22(4)13-17-11-10-15(2)12-16(17)3/h6-12H,5,13-14H2,1-4H3. The molecule has 0 aliphatic heterocycles. The van der Waals surface area contributed by atoms with E-state index in [4.69, 9.17) is 0 Å². The van der Waals surface area contributed by atoms with E-state index in [2.05, 4.69) is 32.0 Å². The minimum atomic E-state index is -0.137. The third-order valence-corrected chi connectivity index (χ3v) is 4.87. The van der Waals surface area contributed by atoms with Crippen molar-refractivity contribution in [2.24, 2.45) is 0 Å². The lowest BCUT2D eigenvalue weighted by Gasteiger charge is -2.19. The summed E-state index contributed by atoms with van der Waals surface area (Å²) < 4.78 is 3.27. The number of rotatable bonds is 5. The lowest BCUT2D eigenvalue weighted by Crippen LogP contribution is -2.34. The first-order valence-corrected chi connectivity index (χ1v) is 8.90. The molecular formula is C21H25N3O2. The number of likely N-dealkylation sites (N-methyl/N-ethyl adjacent to an activating group) is 1. The SMILES string of the molecule is CCn1c(=O)n(CC(=O)N(C)Cc2ccc(C)cc2C)c2ccccc21. The summed E-state index contributed by atoms with van der Waals surface area (Å²) in [5.41, 5.74) is 5.03. The Kier molecular flexibility index (Phi) is 4.98. The Bertz CT molecular complexity index is 1010. The molecule has 0 saturated heterocycles. The second-order valence-corrected chi connectivity index (χ2v) is 6.78. The fourth-order valence-corrected chi connectivity index (χ4v) is 3.35. The van der Waals surface area contributed by atoms with E-state index in [-0.39, 0.29) is 18.1 Å². The number of carbonyl (C=O) groups excluding carboxylic acids is 1. The first-order valence-electron chi connectivity index (χ1n) is 8.90. The zero-order chi connectivity index (χ0) is 18.8. The largest absolute Gasteiger partial charge is 0.340 e. The van der Waals surface area contributed by atoms with E-state index in [0.29, 0.717) is 13.1 Å². The van der Waals surface area contributed by atoms with Crippen molar-refractivity contribution >= 4 is 16.9 Å². The lowest BCUT2D eigenvalue weighted by atomic mass is 10.1. The molecule has 0 aliphatic rings. The maximum atomic E-state index is 12.7. The first-order chi connectivity index (χ1) is 12.4. The second kappa shape index (κ2) is 7.20. The maximum Gasteiger partial charge on any atom is 0.329 e. The molecule has 136 valence electrons. The molecule has 1 heterocycles. The molecule has 1 aromatic heterocycles. The van der Waals surface area contributed by atoms with Gasteiger partial charge in [-0.1, -0.05) is 35.9 Å². The number of fused-ring (bicyclic) bond motifs is 1. The van der Waals surface area contributed by atoms with Gasteiger partial charge in [0.1, 0.15) is 6.54 Å². The molecule has 0 radical (unpaired) electrons. The van der Waals surface area contributed by atoms with E-state index < -0.39 is 0 Å². The van der Waals surface area contributed by atoms with Crippen molar-refractivity contribution in [1.29, 1.82) is 0 Å². The molecule has 0 saturated carbocycles. The Hall–Kier alpha value is -2.82. The van der Waals surface area contributed by atoms with Crippen LogP contribution in [0.1, 0.15) is 23.6 Å². The zero-order valence-electron chi connectivity index (χ0n) is 15.8. The number of hydrogen-bond donors (Lipinski definition) is 0. The molecule has 5 nitrogen and oxygen atoms in total. The summed E-state index contributed by atoms with van der Waals surface area (Å²) in [5.74, 6) is -0.0777. The van der Waals surface area contributed by atoms with Gasteiger partial charge in [-0.05, 0) is 44.0 Å². The third kappa shape index (κ3) is 3.29. The van der Waals surface area contributed by atoms with E-state index >= 15 is 0 Å². The van der Waals surface area contributed by atoms with Gasteiger partial charge in [0.05, 0.1) is 11.0 Å². The highest BCUT2D eigenvalue weighted by atomic mass is 16.2. The molecule has 0 atom stereocenters. The molecule has 3 aromatic rings. The summed E-state index contributed by atoms with van der Waals surface area (Å²) in [6.07, 6.45) is 0. The molecule has 2 aromatic carbocycles. The second-order valence-electron chi connectivity index (χ2n) is 6.78. The van der Waals surface area contributed by atoms with Gasteiger partial charge in [0.2, 0.25) is 5.91 Å². The quantitative estimate of drug-likeness (QED) is 0.709. The van der Waals surface area contributed by atoms with Crippen LogP contribution in [0.4, 0.5) is 0 Å². The molecular weight excluding hydrogens is 326 g/mol. The van der Waals surface area contributed by atoms with Gasteiger partial charge in [-0.3, -0.25) is 13.9 Å². The Morgan fingerprint density at radius 1 is 1.04 bits per heavy atom. The average molecular weight is 351 g/mol. The number of imidazole rings is 1. The summed E-state index contributed by atoms with van der Waals surface area (Å²) in [7, 11) is 1.78. The van der Waals surface area contributed by atoms with Gasteiger partial charge in [0, 0.05) is 20.1 Å². The minimum absolute atomic E-state index is 0.0494. The summed E-state index contributed by atoms with van der Waals surface area (Å²) in [6.45, 7) is 7.21. The van der Waals surface area contributed by atoms with Crippen LogP contribution in [0.5, 0.6) is 0 Å². The predicted octanol–water partition coefficient (Wildman–Crippen LogP) is 3.10. The lowest BCUT2D eigenvalue weighted by molar-refractivity contribution is -0.131. The van der Waals surface area contributed by atoms with Gasteiger partial charge in [-0.25, -0.2) is 4.79 Å². The molecule has 3 rings (SSSR count). The molecule has 5 heteroatoms. The van der Waals surface area contributed by atoms with Crippen molar-refractivity contribution in [1.82, 2.24) is 14.0 Å². The van der Waals surface area contributed by atoms with Gasteiger partial charge < -0.3 is 4.90 Å². The van der Waals surface area contributed by atoms with Crippen molar-refractivity contribution in [3.8, 4) is 0 Å². The van der Waals surface area contributed by atoms with Crippen LogP contribution in [0.25, 0.3) is 11.0 Å². The van der Waals surface area contributed by atoms with Crippen molar-refractivity contribution in [3.63, 3.8) is 0 Å². The Balaban J connectivity index is 1.85. The normalized spacial score (nSPS) is 11.1. The molecule has 0 aliphatic carbocycles. The number of amides is 1. The summed E-state index contributed by atoms with van der Waals surface area (Å²) >= 11 is 0. The van der Waals surface area contributed by atoms with Crippen LogP contribution in [0, 0.1) is 13.8 Å². The highest BCUT2D eigenvalue weighted by molar-refractivity contribution is 5.81. The van der Waals surface area contributed by atoms with Crippen LogP contribution >= 0.6 is 0 Å². The molecule has 26 heavy (non-hydrogen) atoms. The average Bonchev–Trinajstić information content (AvgIpc) is 2.88. The van der Waals surface area contributed by atoms with Crippen LogP contribution in [0.3, 0.4) is 0 Å². The first kappa shape index (κ1) is 18.0. The number of hydrogen-bond acceptors (Lipinski definition) is 2. The smallest absolute Gasteiger partial charge is 0.329 e. The van der Waals surface area contributed by atoms with Gasteiger partial charge in [0.15, 0.2) is 0 Å². The van der Waals surface area contributed by atoms with Crippen molar-refractivity contribution in [2.45, 2.75) is 40.4 Å². The minimum Gasteiger partial charge on any atom is -0.340 e. The number of aryl methyl sites for hydroxylation is 3. The summed E-state index contributed by atoms with van der Waals surface area (Å²) in [6, 6.07) is 13.8. The molecule has 0 spiro atoms. The van der Waals surface area contributed by atoms with E-state index in [9.17, 15) is 9.59 Å². The summed E-state index contributed by atoms with van der Waals surface area (Å²) in [5, 5.41) is 0. The molecule has 0 bridgehead atoms.